The summed E-state index contributed by atoms with van der Waals surface area (Å²) >= 11 is 0. The highest BCUT2D eigenvalue weighted by Gasteiger charge is 2.32. The van der Waals surface area contributed by atoms with Crippen LogP contribution in [0.3, 0.4) is 0 Å². The second kappa shape index (κ2) is 11.8. The smallest absolute Gasteiger partial charge is 0.264 e. The van der Waals surface area contributed by atoms with E-state index in [0.29, 0.717) is 11.3 Å². The largest absolute Gasteiger partial charge is 0.352 e. The molecule has 0 aliphatic heterocycles. The average molecular weight is 512 g/mol. The Morgan fingerprint density at radius 2 is 1.42 bits per heavy atom. The Morgan fingerprint density at radius 1 is 0.861 bits per heavy atom. The van der Waals surface area contributed by atoms with E-state index in [1.165, 1.54) is 41.3 Å². The first kappa shape index (κ1) is 26.9. The van der Waals surface area contributed by atoms with Crippen LogP contribution in [0, 0.1) is 5.82 Å². The van der Waals surface area contributed by atoms with E-state index in [2.05, 4.69) is 5.32 Å². The lowest BCUT2D eigenvalue weighted by atomic mass is 10.1. The van der Waals surface area contributed by atoms with E-state index in [9.17, 15) is 22.4 Å². The summed E-state index contributed by atoms with van der Waals surface area (Å²) in [5.74, 6) is -1.38. The number of para-hydroxylation sites is 1. The fraction of sp³-hybridized carbons (Fsp3) is 0.259. The normalized spacial score (nSPS) is 12.1. The standard InChI is InChI=1S/C27H30FN3O4S/c1-20(2)29-27(33)21(3)30(18-22-14-16-23(28)17-15-22)26(32)19-31(24-10-6-4-7-11-24)36(34,35)25-12-8-5-9-13-25/h4-17,20-21H,18-19H2,1-3H3,(H,29,33)/t21-/m1/s1. The zero-order valence-electron chi connectivity index (χ0n) is 20.5. The van der Waals surface area contributed by atoms with Crippen molar-refractivity contribution in [3.05, 3.63) is 96.3 Å². The highest BCUT2D eigenvalue weighted by Crippen LogP contribution is 2.24. The maximum absolute atomic E-state index is 13.7. The average Bonchev–Trinajstić information content (AvgIpc) is 2.87. The fourth-order valence-corrected chi connectivity index (χ4v) is 5.05. The summed E-state index contributed by atoms with van der Waals surface area (Å²) in [5, 5.41) is 2.79. The molecule has 0 unspecified atom stereocenters. The zero-order chi connectivity index (χ0) is 26.3. The van der Waals surface area contributed by atoms with Gasteiger partial charge in [-0.25, -0.2) is 12.8 Å². The first-order valence-electron chi connectivity index (χ1n) is 11.6. The summed E-state index contributed by atoms with van der Waals surface area (Å²) in [6.07, 6.45) is 0. The minimum Gasteiger partial charge on any atom is -0.352 e. The number of anilines is 1. The quantitative estimate of drug-likeness (QED) is 0.446. The van der Waals surface area contributed by atoms with Crippen molar-refractivity contribution in [1.29, 1.82) is 0 Å². The monoisotopic (exact) mass is 511 g/mol. The molecule has 7 nitrogen and oxygen atoms in total. The lowest BCUT2D eigenvalue weighted by molar-refractivity contribution is -0.139. The third kappa shape index (κ3) is 6.69. The van der Waals surface area contributed by atoms with E-state index in [-0.39, 0.29) is 23.4 Å². The van der Waals surface area contributed by atoms with Gasteiger partial charge in [0.1, 0.15) is 18.4 Å². The summed E-state index contributed by atoms with van der Waals surface area (Å²) in [6.45, 7) is 4.67. The van der Waals surface area contributed by atoms with Crippen molar-refractivity contribution in [3.8, 4) is 0 Å². The van der Waals surface area contributed by atoms with Gasteiger partial charge in [-0.15, -0.1) is 0 Å². The molecule has 1 N–H and O–H groups in total. The molecule has 0 fully saturated rings. The summed E-state index contributed by atoms with van der Waals surface area (Å²) in [6, 6.07) is 20.7. The van der Waals surface area contributed by atoms with Gasteiger partial charge < -0.3 is 10.2 Å². The maximum Gasteiger partial charge on any atom is 0.264 e. The van der Waals surface area contributed by atoms with Gasteiger partial charge in [0.2, 0.25) is 11.8 Å². The maximum atomic E-state index is 13.7. The number of halogens is 1. The molecule has 0 saturated carbocycles. The second-order valence-corrected chi connectivity index (χ2v) is 10.5. The van der Waals surface area contributed by atoms with Crippen molar-refractivity contribution in [2.45, 2.75) is 44.3 Å². The van der Waals surface area contributed by atoms with E-state index in [0.717, 1.165) is 4.31 Å². The Kier molecular flexibility index (Phi) is 8.82. The Balaban J connectivity index is 1.98. The van der Waals surface area contributed by atoms with Crippen LogP contribution in [0.5, 0.6) is 0 Å². The molecule has 0 saturated heterocycles. The van der Waals surface area contributed by atoms with Crippen molar-refractivity contribution in [2.24, 2.45) is 0 Å². The Bertz CT molecular complexity index is 1270. The molecular formula is C27H30FN3O4S. The highest BCUT2D eigenvalue weighted by atomic mass is 32.2. The van der Waals surface area contributed by atoms with Gasteiger partial charge in [-0.2, -0.15) is 0 Å². The van der Waals surface area contributed by atoms with Gasteiger partial charge in [-0.1, -0.05) is 48.5 Å². The number of carbonyl (C=O) groups is 2. The van der Waals surface area contributed by atoms with Crippen LogP contribution in [-0.4, -0.2) is 43.8 Å². The molecule has 3 rings (SSSR count). The van der Waals surface area contributed by atoms with Crippen LogP contribution < -0.4 is 9.62 Å². The Hall–Kier alpha value is -3.72. The molecule has 0 spiro atoms. The molecule has 2 amide bonds. The first-order valence-corrected chi connectivity index (χ1v) is 13.0. The molecule has 0 aromatic heterocycles. The predicted molar refractivity (Wildman–Crippen MR) is 137 cm³/mol. The Morgan fingerprint density at radius 3 is 1.97 bits per heavy atom. The molecule has 3 aromatic carbocycles. The molecule has 3 aromatic rings. The third-order valence-corrected chi connectivity index (χ3v) is 7.31. The number of nitrogens with one attached hydrogen (secondary N) is 1. The number of hydrogen-bond donors (Lipinski definition) is 1. The first-order chi connectivity index (χ1) is 17.1. The SMILES string of the molecule is CC(C)NC(=O)[C@@H](C)N(Cc1ccc(F)cc1)C(=O)CN(c1ccccc1)S(=O)(=O)c1ccccc1. The van der Waals surface area contributed by atoms with Crippen LogP contribution in [0.2, 0.25) is 0 Å². The van der Waals surface area contributed by atoms with Crippen molar-refractivity contribution >= 4 is 27.5 Å². The van der Waals surface area contributed by atoms with Crippen LogP contribution in [0.1, 0.15) is 26.3 Å². The third-order valence-electron chi connectivity index (χ3n) is 5.52. The number of nitrogens with zero attached hydrogens (tertiary/aromatic N) is 2. The number of sulfonamides is 1. The van der Waals surface area contributed by atoms with Crippen LogP contribution in [0.4, 0.5) is 10.1 Å². The van der Waals surface area contributed by atoms with E-state index in [4.69, 9.17) is 0 Å². The molecule has 0 bridgehead atoms. The van der Waals surface area contributed by atoms with Gasteiger partial charge in [0, 0.05) is 12.6 Å². The van der Waals surface area contributed by atoms with Crippen LogP contribution >= 0.6 is 0 Å². The van der Waals surface area contributed by atoms with Crippen molar-refractivity contribution in [3.63, 3.8) is 0 Å². The highest BCUT2D eigenvalue weighted by molar-refractivity contribution is 7.92. The van der Waals surface area contributed by atoms with Gasteiger partial charge >= 0.3 is 0 Å². The van der Waals surface area contributed by atoms with E-state index >= 15 is 0 Å². The molecule has 1 atom stereocenters. The van der Waals surface area contributed by atoms with Gasteiger partial charge in [0.25, 0.3) is 10.0 Å². The molecular weight excluding hydrogens is 481 g/mol. The Labute approximate surface area is 211 Å². The van der Waals surface area contributed by atoms with Crippen LogP contribution in [-0.2, 0) is 26.2 Å². The molecule has 0 heterocycles. The minimum absolute atomic E-state index is 0.000189. The predicted octanol–water partition coefficient (Wildman–Crippen LogP) is 3.96. The van der Waals surface area contributed by atoms with Crippen molar-refractivity contribution in [1.82, 2.24) is 10.2 Å². The topological polar surface area (TPSA) is 86.8 Å². The number of carbonyl (C=O) groups excluding carboxylic acids is 2. The molecule has 190 valence electrons. The lowest BCUT2D eigenvalue weighted by Crippen LogP contribution is -2.52. The van der Waals surface area contributed by atoms with E-state index in [1.807, 2.05) is 0 Å². The molecule has 0 aliphatic carbocycles. The molecule has 0 aliphatic rings. The summed E-state index contributed by atoms with van der Waals surface area (Å²) < 4.78 is 41.6. The van der Waals surface area contributed by atoms with Crippen molar-refractivity contribution in [2.75, 3.05) is 10.8 Å². The fourth-order valence-electron chi connectivity index (χ4n) is 3.62. The minimum atomic E-state index is -4.09. The number of benzene rings is 3. The number of rotatable bonds is 10. The lowest BCUT2D eigenvalue weighted by Gasteiger charge is -2.32. The molecule has 36 heavy (non-hydrogen) atoms. The van der Waals surface area contributed by atoms with Crippen LogP contribution in [0.25, 0.3) is 0 Å². The summed E-state index contributed by atoms with van der Waals surface area (Å²) in [7, 11) is -4.09. The summed E-state index contributed by atoms with van der Waals surface area (Å²) in [5.41, 5.74) is 0.918. The number of hydrogen-bond acceptors (Lipinski definition) is 4. The summed E-state index contributed by atoms with van der Waals surface area (Å²) in [4.78, 5) is 27.8. The molecule has 0 radical (unpaired) electrons. The second-order valence-electron chi connectivity index (χ2n) is 8.65. The van der Waals surface area contributed by atoms with Crippen LogP contribution in [0.15, 0.2) is 89.8 Å². The van der Waals surface area contributed by atoms with Gasteiger partial charge in [-0.3, -0.25) is 13.9 Å². The van der Waals surface area contributed by atoms with Gasteiger partial charge in [0.15, 0.2) is 0 Å². The van der Waals surface area contributed by atoms with E-state index < -0.39 is 34.3 Å². The van der Waals surface area contributed by atoms with Gasteiger partial charge in [0.05, 0.1) is 10.6 Å². The van der Waals surface area contributed by atoms with E-state index in [1.54, 1.807) is 69.3 Å². The van der Waals surface area contributed by atoms with Crippen molar-refractivity contribution < 1.29 is 22.4 Å². The molecule has 9 heteroatoms. The van der Waals surface area contributed by atoms with Gasteiger partial charge in [-0.05, 0) is 62.7 Å². The number of amides is 2. The zero-order valence-corrected chi connectivity index (χ0v) is 21.3.